The molecule has 2 N–H and O–H groups in total. The molecular weight excluding hydrogens is 514 g/mol. The van der Waals surface area contributed by atoms with E-state index in [1.807, 2.05) is 64.4 Å². The van der Waals surface area contributed by atoms with Gasteiger partial charge in [-0.1, -0.05) is 51.1 Å². The average Bonchev–Trinajstić information content (AvgIpc) is 3.01. The van der Waals surface area contributed by atoms with Crippen molar-refractivity contribution in [3.8, 4) is 0 Å². The molecule has 0 unspecified atom stereocenters. The van der Waals surface area contributed by atoms with Gasteiger partial charge in [0.25, 0.3) is 17.7 Å². The van der Waals surface area contributed by atoms with Crippen molar-refractivity contribution < 1.29 is 14.4 Å². The molecule has 2 saturated heterocycles. The fourth-order valence-electron chi connectivity index (χ4n) is 5.33. The van der Waals surface area contributed by atoms with Crippen LogP contribution in [0.4, 0.5) is 11.4 Å². The highest BCUT2D eigenvalue weighted by Gasteiger charge is 2.26. The van der Waals surface area contributed by atoms with Gasteiger partial charge in [0, 0.05) is 69.0 Å². The highest BCUT2D eigenvalue weighted by Crippen LogP contribution is 2.30. The molecule has 8 heteroatoms. The predicted molar refractivity (Wildman–Crippen MR) is 163 cm³/mol. The quantitative estimate of drug-likeness (QED) is 0.494. The number of piperazine rings is 2. The van der Waals surface area contributed by atoms with E-state index in [2.05, 4.69) is 36.3 Å². The lowest BCUT2D eigenvalue weighted by Crippen LogP contribution is -2.49. The number of carbonyl (C=O) groups excluding carboxylic acids is 3. The lowest BCUT2D eigenvalue weighted by molar-refractivity contribution is 0.0731. The van der Waals surface area contributed by atoms with Crippen molar-refractivity contribution in [3.63, 3.8) is 0 Å². The first kappa shape index (κ1) is 28.4. The van der Waals surface area contributed by atoms with E-state index in [9.17, 15) is 14.4 Å². The Labute approximate surface area is 242 Å². The molecule has 2 aliphatic rings. The Hall–Kier alpha value is -4.17. The third kappa shape index (κ3) is 6.60. The number of nitrogens with zero attached hydrogens (tertiary/aromatic N) is 3. The lowest BCUT2D eigenvalue weighted by atomic mass is 9.86. The second-order valence-electron chi connectivity index (χ2n) is 11.7. The Kier molecular flexibility index (Phi) is 8.40. The van der Waals surface area contributed by atoms with E-state index in [0.29, 0.717) is 61.6 Å². The highest BCUT2D eigenvalue weighted by atomic mass is 16.2. The van der Waals surface area contributed by atoms with Gasteiger partial charge in [-0.25, -0.2) is 0 Å². The Morgan fingerprint density at radius 3 is 1.90 bits per heavy atom. The van der Waals surface area contributed by atoms with Crippen molar-refractivity contribution in [2.24, 2.45) is 0 Å². The van der Waals surface area contributed by atoms with Gasteiger partial charge < -0.3 is 25.3 Å². The molecule has 0 atom stereocenters. The van der Waals surface area contributed by atoms with Crippen molar-refractivity contribution in [3.05, 3.63) is 95.1 Å². The van der Waals surface area contributed by atoms with Crippen molar-refractivity contribution in [2.45, 2.75) is 26.2 Å². The van der Waals surface area contributed by atoms with Gasteiger partial charge >= 0.3 is 0 Å². The zero-order valence-electron chi connectivity index (χ0n) is 24.2. The van der Waals surface area contributed by atoms with E-state index in [0.717, 1.165) is 18.8 Å². The number of hydrogen-bond donors (Lipinski definition) is 2. The summed E-state index contributed by atoms with van der Waals surface area (Å²) in [6.07, 6.45) is 0. The summed E-state index contributed by atoms with van der Waals surface area (Å²) in [5.74, 6) is -0.244. The minimum absolute atomic E-state index is 0.0275. The summed E-state index contributed by atoms with van der Waals surface area (Å²) in [7, 11) is 0. The first-order chi connectivity index (χ1) is 19.7. The minimum Gasteiger partial charge on any atom is -0.366 e. The average molecular weight is 554 g/mol. The van der Waals surface area contributed by atoms with Gasteiger partial charge in [0.2, 0.25) is 0 Å². The first-order valence-electron chi connectivity index (χ1n) is 14.4. The Morgan fingerprint density at radius 2 is 1.27 bits per heavy atom. The van der Waals surface area contributed by atoms with Crippen LogP contribution in [0.15, 0.2) is 72.8 Å². The van der Waals surface area contributed by atoms with E-state index in [1.165, 1.54) is 5.56 Å². The number of carbonyl (C=O) groups is 3. The highest BCUT2D eigenvalue weighted by molar-refractivity contribution is 6.07. The standard InChI is InChI=1S/C33H39N5O3/c1-33(2,3)27-12-9-25(10-13-27)31(40)38-21-19-36(20-22-38)29-14-11-26(32(41)37-17-15-34-16-18-37)23-28(29)35-30(39)24-7-5-4-6-8-24/h4-14,23,34H,15-22H2,1-3H3,(H,35,39). The maximum Gasteiger partial charge on any atom is 0.255 e. The van der Waals surface area contributed by atoms with Crippen LogP contribution in [0.2, 0.25) is 0 Å². The zero-order chi connectivity index (χ0) is 29.0. The van der Waals surface area contributed by atoms with Crippen LogP contribution in [-0.2, 0) is 5.41 Å². The fourth-order valence-corrected chi connectivity index (χ4v) is 5.33. The molecule has 3 aromatic rings. The largest absolute Gasteiger partial charge is 0.366 e. The van der Waals surface area contributed by atoms with E-state index < -0.39 is 0 Å². The Morgan fingerprint density at radius 1 is 0.683 bits per heavy atom. The fraction of sp³-hybridized carbons (Fsp3) is 0.364. The van der Waals surface area contributed by atoms with Gasteiger partial charge in [0.1, 0.15) is 0 Å². The van der Waals surface area contributed by atoms with Crippen LogP contribution >= 0.6 is 0 Å². The Bertz CT molecular complexity index is 1380. The van der Waals surface area contributed by atoms with Crippen molar-refractivity contribution in [1.82, 2.24) is 15.1 Å². The van der Waals surface area contributed by atoms with E-state index in [4.69, 9.17) is 0 Å². The van der Waals surface area contributed by atoms with E-state index in [1.54, 1.807) is 18.2 Å². The van der Waals surface area contributed by atoms with Crippen molar-refractivity contribution in [2.75, 3.05) is 62.6 Å². The number of rotatable bonds is 5. The van der Waals surface area contributed by atoms with Crippen LogP contribution in [-0.4, -0.2) is 79.9 Å². The molecule has 214 valence electrons. The molecule has 2 aliphatic heterocycles. The molecule has 3 amide bonds. The van der Waals surface area contributed by atoms with Crippen LogP contribution in [0.1, 0.15) is 57.4 Å². The van der Waals surface area contributed by atoms with Gasteiger partial charge in [-0.3, -0.25) is 14.4 Å². The summed E-state index contributed by atoms with van der Waals surface area (Å²) in [5, 5.41) is 6.33. The van der Waals surface area contributed by atoms with E-state index >= 15 is 0 Å². The van der Waals surface area contributed by atoms with Crippen LogP contribution in [0.5, 0.6) is 0 Å². The van der Waals surface area contributed by atoms with Crippen LogP contribution in [0.3, 0.4) is 0 Å². The number of nitrogens with one attached hydrogen (secondary N) is 2. The molecule has 0 saturated carbocycles. The maximum atomic E-state index is 13.3. The molecule has 41 heavy (non-hydrogen) atoms. The second-order valence-corrected chi connectivity index (χ2v) is 11.7. The number of amides is 3. The minimum atomic E-state index is -0.230. The normalized spacial score (nSPS) is 15.9. The zero-order valence-corrected chi connectivity index (χ0v) is 24.2. The summed E-state index contributed by atoms with van der Waals surface area (Å²) >= 11 is 0. The van der Waals surface area contributed by atoms with Gasteiger partial charge in [-0.05, 0) is 53.4 Å². The molecule has 3 aromatic carbocycles. The van der Waals surface area contributed by atoms with E-state index in [-0.39, 0.29) is 23.1 Å². The first-order valence-corrected chi connectivity index (χ1v) is 14.4. The summed E-state index contributed by atoms with van der Waals surface area (Å²) < 4.78 is 0. The molecule has 0 aliphatic carbocycles. The third-order valence-corrected chi connectivity index (χ3v) is 7.84. The van der Waals surface area contributed by atoms with Crippen molar-refractivity contribution >= 4 is 29.1 Å². The third-order valence-electron chi connectivity index (χ3n) is 7.84. The molecule has 2 fully saturated rings. The molecule has 0 radical (unpaired) electrons. The molecule has 0 bridgehead atoms. The van der Waals surface area contributed by atoms with Gasteiger partial charge in [-0.2, -0.15) is 0 Å². The molecule has 2 heterocycles. The smallest absolute Gasteiger partial charge is 0.255 e. The summed E-state index contributed by atoms with van der Waals surface area (Å²) in [6, 6.07) is 22.5. The monoisotopic (exact) mass is 553 g/mol. The lowest BCUT2D eigenvalue weighted by Gasteiger charge is -2.37. The summed E-state index contributed by atoms with van der Waals surface area (Å²) in [5.41, 5.74) is 4.45. The topological polar surface area (TPSA) is 85.0 Å². The molecule has 8 nitrogen and oxygen atoms in total. The van der Waals surface area contributed by atoms with Crippen LogP contribution in [0, 0.1) is 0 Å². The van der Waals surface area contributed by atoms with Crippen LogP contribution in [0.25, 0.3) is 0 Å². The molecule has 0 aromatic heterocycles. The Balaban J connectivity index is 1.33. The summed E-state index contributed by atoms with van der Waals surface area (Å²) in [4.78, 5) is 45.5. The number of anilines is 2. The molecule has 0 spiro atoms. The second kappa shape index (κ2) is 12.1. The predicted octanol–water partition coefficient (Wildman–Crippen LogP) is 4.24. The van der Waals surface area contributed by atoms with Gasteiger partial charge in [0.05, 0.1) is 11.4 Å². The number of benzene rings is 3. The van der Waals surface area contributed by atoms with Crippen molar-refractivity contribution in [1.29, 1.82) is 0 Å². The van der Waals surface area contributed by atoms with Gasteiger partial charge in [-0.15, -0.1) is 0 Å². The number of hydrogen-bond acceptors (Lipinski definition) is 5. The van der Waals surface area contributed by atoms with Crippen LogP contribution < -0.4 is 15.5 Å². The molecule has 5 rings (SSSR count). The van der Waals surface area contributed by atoms with Gasteiger partial charge in [0.15, 0.2) is 0 Å². The molecular formula is C33H39N5O3. The summed E-state index contributed by atoms with van der Waals surface area (Å²) in [6.45, 7) is 11.7. The maximum absolute atomic E-state index is 13.3. The SMILES string of the molecule is CC(C)(C)c1ccc(C(=O)N2CCN(c3ccc(C(=O)N4CCNCC4)cc3NC(=O)c3ccccc3)CC2)cc1.